The number of ether oxygens (including phenoxy) is 1. The molecule has 4 nitrogen and oxygen atoms in total. The highest BCUT2D eigenvalue weighted by Crippen LogP contribution is 2.16. The van der Waals surface area contributed by atoms with Crippen molar-refractivity contribution in [2.75, 3.05) is 12.9 Å². The maximum absolute atomic E-state index is 12.0. The lowest BCUT2D eigenvalue weighted by Crippen LogP contribution is -2.29. The lowest BCUT2D eigenvalue weighted by molar-refractivity contribution is 0.0991. The molecule has 0 heterocycles. The van der Waals surface area contributed by atoms with E-state index in [1.54, 1.807) is 31.2 Å². The molecule has 1 unspecified atom stereocenters. The highest BCUT2D eigenvalue weighted by Gasteiger charge is 2.27. The highest BCUT2D eigenvalue weighted by molar-refractivity contribution is 7.92. The summed E-state index contributed by atoms with van der Waals surface area (Å²) in [5, 5.41) is -0.995. The summed E-state index contributed by atoms with van der Waals surface area (Å²) >= 11 is 0. The molecule has 0 bridgehead atoms. The quantitative estimate of drug-likeness (QED) is 0.743. The Morgan fingerprint density at radius 3 is 2.28 bits per heavy atom. The summed E-state index contributed by atoms with van der Waals surface area (Å²) < 4.78 is 28.6. The smallest absolute Gasteiger partial charge is 0.180 e. The first-order chi connectivity index (χ1) is 8.42. The molecule has 0 spiro atoms. The molecule has 0 aromatic heterocycles. The zero-order valence-corrected chi connectivity index (χ0v) is 11.7. The molecule has 1 aromatic carbocycles. The van der Waals surface area contributed by atoms with Crippen molar-refractivity contribution in [3.63, 3.8) is 0 Å². The fourth-order valence-corrected chi connectivity index (χ4v) is 3.00. The topological polar surface area (TPSA) is 60.4 Å². The minimum Gasteiger partial charge on any atom is -0.497 e. The molecule has 1 rings (SSSR count). The average Bonchev–Trinajstić information content (AvgIpc) is 2.37. The fourth-order valence-electron chi connectivity index (χ4n) is 1.61. The number of carbonyl (C=O) groups excluding carboxylic acids is 1. The summed E-state index contributed by atoms with van der Waals surface area (Å²) in [6.07, 6.45) is 0.516. The largest absolute Gasteiger partial charge is 0.497 e. The third kappa shape index (κ3) is 3.32. The maximum Gasteiger partial charge on any atom is 0.180 e. The number of carbonyl (C=O) groups is 1. The zero-order valence-electron chi connectivity index (χ0n) is 10.8. The summed E-state index contributed by atoms with van der Waals surface area (Å²) in [7, 11) is -1.82. The van der Waals surface area contributed by atoms with Crippen LogP contribution in [0.25, 0.3) is 0 Å². The van der Waals surface area contributed by atoms with Gasteiger partial charge in [-0.1, -0.05) is 6.92 Å². The zero-order chi connectivity index (χ0) is 13.8. The van der Waals surface area contributed by atoms with E-state index in [1.165, 1.54) is 14.0 Å². The van der Waals surface area contributed by atoms with E-state index in [9.17, 15) is 13.2 Å². The van der Waals surface area contributed by atoms with Crippen molar-refractivity contribution in [1.82, 2.24) is 0 Å². The highest BCUT2D eigenvalue weighted by atomic mass is 32.2. The van der Waals surface area contributed by atoms with Crippen molar-refractivity contribution in [3.05, 3.63) is 29.8 Å². The van der Waals surface area contributed by atoms with Crippen LogP contribution in [-0.2, 0) is 9.84 Å². The Bertz CT molecular complexity index is 502. The van der Waals surface area contributed by atoms with Gasteiger partial charge in [0.05, 0.1) is 12.9 Å². The van der Waals surface area contributed by atoms with E-state index in [0.29, 0.717) is 17.7 Å². The first-order valence-corrected chi connectivity index (χ1v) is 7.53. The van der Waals surface area contributed by atoms with Crippen LogP contribution in [0.5, 0.6) is 5.75 Å². The SMILES string of the molecule is CCCS(=O)(=O)C(C)C(=O)c1ccc(OC)cc1. The van der Waals surface area contributed by atoms with Gasteiger partial charge < -0.3 is 4.74 Å². The maximum atomic E-state index is 12.0. The number of hydrogen-bond acceptors (Lipinski definition) is 4. The van der Waals surface area contributed by atoms with Crippen molar-refractivity contribution >= 4 is 15.6 Å². The average molecular weight is 270 g/mol. The molecule has 0 aliphatic rings. The van der Waals surface area contributed by atoms with E-state index < -0.39 is 15.1 Å². The normalized spacial score (nSPS) is 13.1. The second-order valence-corrected chi connectivity index (χ2v) is 6.54. The summed E-state index contributed by atoms with van der Waals surface area (Å²) in [4.78, 5) is 12.0. The number of rotatable bonds is 6. The van der Waals surface area contributed by atoms with E-state index in [4.69, 9.17) is 4.74 Å². The predicted octanol–water partition coefficient (Wildman–Crippen LogP) is 2.09. The predicted molar refractivity (Wildman–Crippen MR) is 70.9 cm³/mol. The Morgan fingerprint density at radius 2 is 1.83 bits per heavy atom. The Morgan fingerprint density at radius 1 is 1.28 bits per heavy atom. The Labute approximate surface area is 108 Å². The lowest BCUT2D eigenvalue weighted by Gasteiger charge is -2.11. The van der Waals surface area contributed by atoms with Gasteiger partial charge in [0.2, 0.25) is 0 Å². The Kier molecular flexibility index (Phi) is 4.90. The third-order valence-electron chi connectivity index (χ3n) is 2.77. The second kappa shape index (κ2) is 6.00. The number of benzene rings is 1. The minimum atomic E-state index is -3.35. The van der Waals surface area contributed by atoms with Gasteiger partial charge in [-0.05, 0) is 37.6 Å². The van der Waals surface area contributed by atoms with Gasteiger partial charge in [-0.2, -0.15) is 0 Å². The van der Waals surface area contributed by atoms with Crippen LogP contribution in [0.1, 0.15) is 30.6 Å². The van der Waals surface area contributed by atoms with Crippen LogP contribution < -0.4 is 4.74 Å². The number of sulfone groups is 1. The van der Waals surface area contributed by atoms with Gasteiger partial charge in [0.25, 0.3) is 0 Å². The molecule has 0 radical (unpaired) electrons. The second-order valence-electron chi connectivity index (χ2n) is 4.10. The van der Waals surface area contributed by atoms with E-state index in [2.05, 4.69) is 0 Å². The number of methoxy groups -OCH3 is 1. The monoisotopic (exact) mass is 270 g/mol. The summed E-state index contributed by atoms with van der Waals surface area (Å²) in [6, 6.07) is 6.46. The summed E-state index contributed by atoms with van der Waals surface area (Å²) in [5.74, 6) is 0.303. The molecule has 0 N–H and O–H groups in total. The molecule has 0 aliphatic carbocycles. The molecule has 5 heteroatoms. The van der Waals surface area contributed by atoms with E-state index in [1.807, 2.05) is 0 Å². The minimum absolute atomic E-state index is 0.0378. The van der Waals surface area contributed by atoms with Crippen LogP contribution in [0.2, 0.25) is 0 Å². The van der Waals surface area contributed by atoms with Crippen LogP contribution in [0.4, 0.5) is 0 Å². The van der Waals surface area contributed by atoms with Gasteiger partial charge in [0, 0.05) is 5.56 Å². The van der Waals surface area contributed by atoms with Crippen LogP contribution in [-0.4, -0.2) is 32.3 Å². The first-order valence-electron chi connectivity index (χ1n) is 5.82. The van der Waals surface area contributed by atoms with E-state index in [-0.39, 0.29) is 11.5 Å². The molecular formula is C13H18O4S. The Hall–Kier alpha value is -1.36. The molecule has 1 atom stereocenters. The van der Waals surface area contributed by atoms with Gasteiger partial charge in [-0.3, -0.25) is 4.79 Å². The van der Waals surface area contributed by atoms with Gasteiger partial charge in [-0.25, -0.2) is 8.42 Å². The van der Waals surface area contributed by atoms with Crippen LogP contribution in [0, 0.1) is 0 Å². The molecule has 1 aromatic rings. The molecule has 0 fully saturated rings. The molecule has 0 saturated heterocycles. The molecule has 0 amide bonds. The standard InChI is InChI=1S/C13H18O4S/c1-4-9-18(15,16)10(2)13(14)11-5-7-12(17-3)8-6-11/h5-8,10H,4,9H2,1-3H3. The van der Waals surface area contributed by atoms with Crippen molar-refractivity contribution in [2.45, 2.75) is 25.5 Å². The van der Waals surface area contributed by atoms with Gasteiger partial charge >= 0.3 is 0 Å². The summed E-state index contributed by atoms with van der Waals surface area (Å²) in [5.41, 5.74) is 0.392. The number of Topliss-reactive ketones (excluding diaryl/α,β-unsaturated/α-hetero) is 1. The van der Waals surface area contributed by atoms with Crippen LogP contribution in [0.15, 0.2) is 24.3 Å². The number of hydrogen-bond donors (Lipinski definition) is 0. The van der Waals surface area contributed by atoms with Crippen molar-refractivity contribution in [1.29, 1.82) is 0 Å². The van der Waals surface area contributed by atoms with Crippen molar-refractivity contribution < 1.29 is 17.9 Å². The van der Waals surface area contributed by atoms with Crippen LogP contribution in [0.3, 0.4) is 0 Å². The summed E-state index contributed by atoms with van der Waals surface area (Å²) in [6.45, 7) is 3.22. The van der Waals surface area contributed by atoms with Crippen molar-refractivity contribution in [2.24, 2.45) is 0 Å². The first kappa shape index (κ1) is 14.7. The van der Waals surface area contributed by atoms with Gasteiger partial charge in [-0.15, -0.1) is 0 Å². The molecular weight excluding hydrogens is 252 g/mol. The molecule has 0 aliphatic heterocycles. The third-order valence-corrected chi connectivity index (χ3v) is 5.04. The van der Waals surface area contributed by atoms with Crippen LogP contribution >= 0.6 is 0 Å². The number of ketones is 1. The van der Waals surface area contributed by atoms with Crippen molar-refractivity contribution in [3.8, 4) is 5.75 Å². The molecule has 100 valence electrons. The molecule has 18 heavy (non-hydrogen) atoms. The van der Waals surface area contributed by atoms with Gasteiger partial charge in [0.1, 0.15) is 11.0 Å². The molecule has 0 saturated carbocycles. The Balaban J connectivity index is 2.93. The van der Waals surface area contributed by atoms with E-state index in [0.717, 1.165) is 0 Å². The fraction of sp³-hybridized carbons (Fsp3) is 0.462. The van der Waals surface area contributed by atoms with Gasteiger partial charge in [0.15, 0.2) is 15.6 Å². The lowest BCUT2D eigenvalue weighted by atomic mass is 10.1. The van der Waals surface area contributed by atoms with E-state index >= 15 is 0 Å².